The Balaban J connectivity index is 1.88. The van der Waals surface area contributed by atoms with Crippen molar-refractivity contribution in [1.82, 2.24) is 4.81 Å². The molecule has 3 heteroatoms. The number of hydrogen-bond acceptors (Lipinski definition) is 2. The third-order valence-electron chi connectivity index (χ3n) is 3.94. The molecule has 2 nitrogen and oxygen atoms in total. The van der Waals surface area contributed by atoms with E-state index in [1.54, 1.807) is 0 Å². The highest BCUT2D eigenvalue weighted by Crippen LogP contribution is 2.31. The lowest BCUT2D eigenvalue weighted by Gasteiger charge is -2.20. The maximum Gasteiger partial charge on any atom is 0.419 e. The second kappa shape index (κ2) is 5.20. The molecular formula is C16H18BNO. The van der Waals surface area contributed by atoms with Crippen LogP contribution in [0.15, 0.2) is 60.7 Å². The van der Waals surface area contributed by atoms with Crippen LogP contribution in [0.3, 0.4) is 0 Å². The van der Waals surface area contributed by atoms with Gasteiger partial charge in [0.15, 0.2) is 0 Å². The minimum Gasteiger partial charge on any atom is -0.409 e. The van der Waals surface area contributed by atoms with Crippen LogP contribution in [-0.2, 0) is 4.65 Å². The van der Waals surface area contributed by atoms with Gasteiger partial charge in [-0.25, -0.2) is 0 Å². The van der Waals surface area contributed by atoms with Crippen molar-refractivity contribution >= 4 is 12.5 Å². The predicted octanol–water partition coefficient (Wildman–Crippen LogP) is 2.47. The third-order valence-corrected chi connectivity index (χ3v) is 3.94. The van der Waals surface area contributed by atoms with E-state index < -0.39 is 0 Å². The summed E-state index contributed by atoms with van der Waals surface area (Å²) in [5.74, 6) is 0. The van der Waals surface area contributed by atoms with Gasteiger partial charge in [-0.3, -0.25) is 0 Å². The first-order valence-electron chi connectivity index (χ1n) is 6.74. The van der Waals surface area contributed by atoms with Gasteiger partial charge >= 0.3 is 7.05 Å². The minimum absolute atomic E-state index is 0.0430. The van der Waals surface area contributed by atoms with Crippen LogP contribution in [0.4, 0.5) is 0 Å². The lowest BCUT2D eigenvalue weighted by atomic mass is 9.72. The van der Waals surface area contributed by atoms with E-state index >= 15 is 0 Å². The van der Waals surface area contributed by atoms with Crippen molar-refractivity contribution in [3.63, 3.8) is 0 Å². The summed E-state index contributed by atoms with van der Waals surface area (Å²) in [5, 5.41) is 0. The average molecular weight is 251 g/mol. The fourth-order valence-electron chi connectivity index (χ4n) is 2.71. The smallest absolute Gasteiger partial charge is 0.409 e. The fourth-order valence-corrected chi connectivity index (χ4v) is 2.71. The molecule has 96 valence electrons. The molecule has 1 aliphatic rings. The Hall–Kier alpha value is -1.58. The normalized spacial score (nSPS) is 23.8. The first-order valence-corrected chi connectivity index (χ1v) is 6.74. The van der Waals surface area contributed by atoms with Crippen molar-refractivity contribution in [1.29, 1.82) is 0 Å². The lowest BCUT2D eigenvalue weighted by Crippen LogP contribution is -2.44. The molecule has 1 aliphatic heterocycles. The highest BCUT2D eigenvalue weighted by molar-refractivity contribution is 6.65. The zero-order valence-corrected chi connectivity index (χ0v) is 11.4. The van der Waals surface area contributed by atoms with E-state index in [4.69, 9.17) is 4.65 Å². The number of benzene rings is 2. The zero-order chi connectivity index (χ0) is 13.2. The van der Waals surface area contributed by atoms with Crippen molar-refractivity contribution in [2.45, 2.75) is 19.1 Å². The van der Waals surface area contributed by atoms with Crippen LogP contribution in [-0.4, -0.2) is 25.0 Å². The van der Waals surface area contributed by atoms with Gasteiger partial charge in [-0.05, 0) is 25.0 Å². The molecule has 0 amide bonds. The average Bonchev–Trinajstić information content (AvgIpc) is 2.77. The van der Waals surface area contributed by atoms with Gasteiger partial charge in [0.05, 0.1) is 6.10 Å². The molecular weight excluding hydrogens is 233 g/mol. The Morgan fingerprint density at radius 3 is 2.16 bits per heavy atom. The summed E-state index contributed by atoms with van der Waals surface area (Å²) in [7, 11) is 2.17. The number of rotatable bonds is 2. The second-order valence-corrected chi connectivity index (χ2v) is 5.14. The molecule has 0 saturated carbocycles. The van der Waals surface area contributed by atoms with E-state index in [1.165, 1.54) is 11.0 Å². The molecule has 0 radical (unpaired) electrons. The fraction of sp³-hybridized carbons (Fsp3) is 0.250. The highest BCUT2D eigenvalue weighted by Gasteiger charge is 2.42. The van der Waals surface area contributed by atoms with Crippen molar-refractivity contribution in [2.75, 3.05) is 7.05 Å². The number of likely N-dealkylation sites (N-methyl/N-ethyl adjacent to an activating group) is 1. The Bertz CT molecular complexity index is 481. The van der Waals surface area contributed by atoms with E-state index in [0.717, 1.165) is 0 Å². The highest BCUT2D eigenvalue weighted by atomic mass is 16.5. The summed E-state index contributed by atoms with van der Waals surface area (Å²) < 4.78 is 6.28. The van der Waals surface area contributed by atoms with Gasteiger partial charge in [-0.15, -0.1) is 0 Å². The van der Waals surface area contributed by atoms with Gasteiger partial charge in [-0.1, -0.05) is 60.7 Å². The molecule has 0 unspecified atom stereocenters. The maximum atomic E-state index is 6.28. The van der Waals surface area contributed by atoms with Crippen molar-refractivity contribution < 1.29 is 4.65 Å². The Kier molecular flexibility index (Phi) is 3.41. The molecule has 1 saturated heterocycles. The molecule has 19 heavy (non-hydrogen) atoms. The van der Waals surface area contributed by atoms with Crippen LogP contribution < -0.4 is 5.46 Å². The molecule has 3 rings (SSSR count). The van der Waals surface area contributed by atoms with Crippen LogP contribution in [0.1, 0.15) is 18.6 Å². The number of hydrogen-bond donors (Lipinski definition) is 0. The molecule has 1 fully saturated rings. The minimum atomic E-state index is 0.0430. The first kappa shape index (κ1) is 12.5. The standard InChI is InChI=1S/C16H18BNO/c1-13-16(14-9-5-3-6-10-14)19-17(18(13)2)15-11-7-4-8-12-15/h3-13,16H,1-2H3/t13-,16-/m1/s1. The summed E-state index contributed by atoms with van der Waals surface area (Å²) in [6.07, 6.45) is 0.136. The molecule has 1 heterocycles. The van der Waals surface area contributed by atoms with Gasteiger partial charge < -0.3 is 9.47 Å². The van der Waals surface area contributed by atoms with Gasteiger partial charge in [0.2, 0.25) is 0 Å². The molecule has 0 N–H and O–H groups in total. The zero-order valence-electron chi connectivity index (χ0n) is 11.4. The van der Waals surface area contributed by atoms with Crippen LogP contribution in [0, 0.1) is 0 Å². The van der Waals surface area contributed by atoms with Gasteiger partial charge in [0.1, 0.15) is 0 Å². The predicted molar refractivity (Wildman–Crippen MR) is 79.3 cm³/mol. The van der Waals surface area contributed by atoms with Crippen LogP contribution in [0.25, 0.3) is 0 Å². The molecule has 0 bridgehead atoms. The molecule has 0 spiro atoms. The molecule has 0 aromatic heterocycles. The number of nitrogens with zero attached hydrogens (tertiary/aromatic N) is 1. The van der Waals surface area contributed by atoms with E-state index in [1.807, 2.05) is 12.1 Å². The van der Waals surface area contributed by atoms with E-state index in [0.29, 0.717) is 6.04 Å². The molecule has 2 aromatic carbocycles. The SMILES string of the molecule is C[C@@H]1[C@H](c2ccccc2)OB(c2ccccc2)N1C. The van der Waals surface area contributed by atoms with Crippen LogP contribution in [0.5, 0.6) is 0 Å². The van der Waals surface area contributed by atoms with E-state index in [2.05, 4.69) is 67.3 Å². The summed E-state index contributed by atoms with van der Waals surface area (Å²) in [4.78, 5) is 2.30. The molecule has 0 aliphatic carbocycles. The Morgan fingerprint density at radius 2 is 1.53 bits per heavy atom. The van der Waals surface area contributed by atoms with Crippen LogP contribution in [0.2, 0.25) is 0 Å². The van der Waals surface area contributed by atoms with Gasteiger partial charge in [-0.2, -0.15) is 0 Å². The van der Waals surface area contributed by atoms with Crippen LogP contribution >= 0.6 is 0 Å². The summed E-state index contributed by atoms with van der Waals surface area (Å²) >= 11 is 0. The maximum absolute atomic E-state index is 6.28. The first-order chi connectivity index (χ1) is 9.27. The van der Waals surface area contributed by atoms with Crippen molar-refractivity contribution in [3.05, 3.63) is 66.2 Å². The summed E-state index contributed by atoms with van der Waals surface area (Å²) in [6.45, 7) is 2.22. The van der Waals surface area contributed by atoms with Gasteiger partial charge in [0.25, 0.3) is 0 Å². The third kappa shape index (κ3) is 2.31. The monoisotopic (exact) mass is 251 g/mol. The van der Waals surface area contributed by atoms with Gasteiger partial charge in [0, 0.05) is 6.04 Å². The van der Waals surface area contributed by atoms with Crippen molar-refractivity contribution in [2.24, 2.45) is 0 Å². The Morgan fingerprint density at radius 1 is 0.947 bits per heavy atom. The van der Waals surface area contributed by atoms with Crippen molar-refractivity contribution in [3.8, 4) is 0 Å². The van der Waals surface area contributed by atoms with E-state index in [-0.39, 0.29) is 13.2 Å². The molecule has 2 atom stereocenters. The molecule has 2 aromatic rings. The van der Waals surface area contributed by atoms with E-state index in [9.17, 15) is 0 Å². The second-order valence-electron chi connectivity index (χ2n) is 5.14. The summed E-state index contributed by atoms with van der Waals surface area (Å²) in [5.41, 5.74) is 2.47. The quantitative estimate of drug-likeness (QED) is 0.760. The largest absolute Gasteiger partial charge is 0.419 e. The lowest BCUT2D eigenvalue weighted by molar-refractivity contribution is 0.211. The summed E-state index contributed by atoms with van der Waals surface area (Å²) in [6, 6.07) is 21.3. The topological polar surface area (TPSA) is 12.5 Å². The Labute approximate surface area is 115 Å².